The highest BCUT2D eigenvalue weighted by atomic mass is 16.3. The molecular weight excluding hydrogens is 236 g/mol. The Labute approximate surface area is 117 Å². The van der Waals surface area contributed by atoms with Crippen LogP contribution in [0.4, 0.5) is 0 Å². The molecule has 19 heavy (non-hydrogen) atoms. The molecule has 0 bridgehead atoms. The van der Waals surface area contributed by atoms with E-state index in [1.807, 2.05) is 6.92 Å². The minimum Gasteiger partial charge on any atom is -0.465 e. The monoisotopic (exact) mass is 264 g/mol. The van der Waals surface area contributed by atoms with E-state index in [1.165, 1.54) is 19.4 Å². The lowest BCUT2D eigenvalue weighted by atomic mass is 9.97. The lowest BCUT2D eigenvalue weighted by Gasteiger charge is -2.36. The lowest BCUT2D eigenvalue weighted by Crippen LogP contribution is -2.42. The van der Waals surface area contributed by atoms with Crippen molar-refractivity contribution in [1.29, 1.82) is 0 Å². The fourth-order valence-corrected chi connectivity index (χ4v) is 3.04. The Kier molecular flexibility index (Phi) is 5.06. The van der Waals surface area contributed by atoms with Crippen LogP contribution in [0.25, 0.3) is 0 Å². The van der Waals surface area contributed by atoms with Crippen LogP contribution in [0.2, 0.25) is 0 Å². The van der Waals surface area contributed by atoms with Crippen LogP contribution in [0.1, 0.15) is 51.2 Å². The summed E-state index contributed by atoms with van der Waals surface area (Å²) in [6, 6.07) is 5.08. The van der Waals surface area contributed by atoms with Crippen molar-refractivity contribution in [2.45, 2.75) is 52.6 Å². The van der Waals surface area contributed by atoms with Gasteiger partial charge in [0.25, 0.3) is 0 Å². The summed E-state index contributed by atoms with van der Waals surface area (Å²) in [6.07, 6.45) is 2.66. The maximum absolute atomic E-state index is 5.81. The van der Waals surface area contributed by atoms with Gasteiger partial charge in [0.15, 0.2) is 0 Å². The molecule has 2 rings (SSSR count). The van der Waals surface area contributed by atoms with Gasteiger partial charge in [-0.3, -0.25) is 4.90 Å². The molecule has 108 valence electrons. The van der Waals surface area contributed by atoms with Gasteiger partial charge in [-0.1, -0.05) is 0 Å². The summed E-state index contributed by atoms with van der Waals surface area (Å²) in [4.78, 5) is 2.57. The zero-order valence-electron chi connectivity index (χ0n) is 12.8. The van der Waals surface area contributed by atoms with Gasteiger partial charge >= 0.3 is 0 Å². The van der Waals surface area contributed by atoms with E-state index in [9.17, 15) is 0 Å². The Morgan fingerprint density at radius 2 is 2.16 bits per heavy atom. The van der Waals surface area contributed by atoms with Gasteiger partial charge in [0.05, 0.1) is 6.04 Å². The Balaban J connectivity index is 2.02. The smallest absolute Gasteiger partial charge is 0.121 e. The van der Waals surface area contributed by atoms with Crippen molar-refractivity contribution in [2.75, 3.05) is 19.6 Å². The average Bonchev–Trinajstić information content (AvgIpc) is 2.83. The third kappa shape index (κ3) is 3.83. The molecule has 0 amide bonds. The van der Waals surface area contributed by atoms with Crippen LogP contribution in [0.15, 0.2) is 16.5 Å². The highest BCUT2D eigenvalue weighted by Gasteiger charge is 2.25. The number of rotatable bonds is 5. The van der Waals surface area contributed by atoms with Crippen molar-refractivity contribution >= 4 is 0 Å². The number of hydrogen-bond acceptors (Lipinski definition) is 3. The molecule has 2 heterocycles. The fourth-order valence-electron chi connectivity index (χ4n) is 3.04. The summed E-state index contributed by atoms with van der Waals surface area (Å²) in [5, 5.41) is 3.51. The summed E-state index contributed by atoms with van der Waals surface area (Å²) < 4.78 is 5.81. The maximum atomic E-state index is 5.81. The summed E-state index contributed by atoms with van der Waals surface area (Å²) in [5.41, 5.74) is 0. The average molecular weight is 264 g/mol. The Morgan fingerprint density at radius 1 is 1.37 bits per heavy atom. The maximum Gasteiger partial charge on any atom is 0.121 e. The predicted molar refractivity (Wildman–Crippen MR) is 79.3 cm³/mol. The van der Waals surface area contributed by atoms with Gasteiger partial charge in [0, 0.05) is 12.6 Å². The summed E-state index contributed by atoms with van der Waals surface area (Å²) in [5.74, 6) is 2.87. The second kappa shape index (κ2) is 6.58. The second-order valence-corrected chi connectivity index (χ2v) is 6.13. The van der Waals surface area contributed by atoms with Crippen molar-refractivity contribution in [1.82, 2.24) is 10.2 Å². The minimum absolute atomic E-state index is 0.357. The molecule has 2 atom stereocenters. The summed E-state index contributed by atoms with van der Waals surface area (Å²) in [7, 11) is 0. The van der Waals surface area contributed by atoms with Crippen molar-refractivity contribution in [2.24, 2.45) is 5.92 Å². The topological polar surface area (TPSA) is 28.4 Å². The van der Waals surface area contributed by atoms with E-state index in [0.29, 0.717) is 12.1 Å². The highest BCUT2D eigenvalue weighted by molar-refractivity contribution is 5.09. The molecule has 0 aromatic carbocycles. The van der Waals surface area contributed by atoms with E-state index in [0.717, 1.165) is 30.5 Å². The largest absolute Gasteiger partial charge is 0.465 e. The fraction of sp³-hybridized carbons (Fsp3) is 0.750. The van der Waals surface area contributed by atoms with Crippen LogP contribution in [0.3, 0.4) is 0 Å². The van der Waals surface area contributed by atoms with Crippen LogP contribution in [0, 0.1) is 12.8 Å². The van der Waals surface area contributed by atoms with Crippen LogP contribution in [-0.2, 0) is 0 Å². The van der Waals surface area contributed by atoms with Crippen molar-refractivity contribution < 1.29 is 4.42 Å². The lowest BCUT2D eigenvalue weighted by molar-refractivity contribution is 0.113. The molecule has 0 spiro atoms. The molecule has 1 aliphatic rings. The van der Waals surface area contributed by atoms with E-state index in [4.69, 9.17) is 4.42 Å². The van der Waals surface area contributed by atoms with E-state index >= 15 is 0 Å². The van der Waals surface area contributed by atoms with E-state index in [-0.39, 0.29) is 0 Å². The SMILES string of the molecule is Cc1ccc(C(C)N(CC2CCCNC2)C(C)C)o1. The first-order chi connectivity index (χ1) is 9.08. The predicted octanol–water partition coefficient (Wildman–Crippen LogP) is 3.36. The van der Waals surface area contributed by atoms with Gasteiger partial charge in [-0.25, -0.2) is 0 Å². The molecule has 0 radical (unpaired) electrons. The number of nitrogens with zero attached hydrogens (tertiary/aromatic N) is 1. The number of furan rings is 1. The standard InChI is InChI=1S/C16H28N2O/c1-12(2)18(11-15-6-5-9-17-10-15)14(4)16-8-7-13(3)19-16/h7-8,12,14-15,17H,5-6,9-11H2,1-4H3. The molecule has 0 aliphatic carbocycles. The van der Waals surface area contributed by atoms with Crippen LogP contribution < -0.4 is 5.32 Å². The molecule has 1 saturated heterocycles. The number of nitrogens with one attached hydrogen (secondary N) is 1. The first-order valence-electron chi connectivity index (χ1n) is 7.60. The molecule has 1 fully saturated rings. The van der Waals surface area contributed by atoms with E-state index < -0.39 is 0 Å². The molecule has 1 aliphatic heterocycles. The minimum atomic E-state index is 0.357. The molecule has 0 saturated carbocycles. The van der Waals surface area contributed by atoms with Gasteiger partial charge in [0.1, 0.15) is 11.5 Å². The number of piperidine rings is 1. The van der Waals surface area contributed by atoms with Crippen LogP contribution in [0.5, 0.6) is 0 Å². The highest BCUT2D eigenvalue weighted by Crippen LogP contribution is 2.26. The van der Waals surface area contributed by atoms with Crippen LogP contribution in [-0.4, -0.2) is 30.6 Å². The van der Waals surface area contributed by atoms with Crippen molar-refractivity contribution in [3.63, 3.8) is 0 Å². The van der Waals surface area contributed by atoms with Gasteiger partial charge in [-0.2, -0.15) is 0 Å². The van der Waals surface area contributed by atoms with E-state index in [2.05, 4.69) is 43.1 Å². The zero-order valence-corrected chi connectivity index (χ0v) is 12.8. The molecule has 1 N–H and O–H groups in total. The zero-order chi connectivity index (χ0) is 13.8. The Bertz CT molecular complexity index is 380. The molecular formula is C16H28N2O. The Hall–Kier alpha value is -0.800. The van der Waals surface area contributed by atoms with Crippen molar-refractivity contribution in [3.05, 3.63) is 23.7 Å². The molecule has 2 unspecified atom stereocenters. The van der Waals surface area contributed by atoms with E-state index in [1.54, 1.807) is 0 Å². The van der Waals surface area contributed by atoms with Crippen LogP contribution >= 0.6 is 0 Å². The summed E-state index contributed by atoms with van der Waals surface area (Å²) in [6.45, 7) is 12.3. The van der Waals surface area contributed by atoms with Gasteiger partial charge < -0.3 is 9.73 Å². The Morgan fingerprint density at radius 3 is 2.68 bits per heavy atom. The molecule has 1 aromatic rings. The number of hydrogen-bond donors (Lipinski definition) is 1. The second-order valence-electron chi connectivity index (χ2n) is 6.13. The van der Waals surface area contributed by atoms with Gasteiger partial charge in [-0.15, -0.1) is 0 Å². The first kappa shape index (κ1) is 14.6. The van der Waals surface area contributed by atoms with Crippen molar-refractivity contribution in [3.8, 4) is 0 Å². The molecule has 1 aromatic heterocycles. The molecule has 3 heteroatoms. The summed E-state index contributed by atoms with van der Waals surface area (Å²) >= 11 is 0. The number of aryl methyl sites for hydroxylation is 1. The van der Waals surface area contributed by atoms with Gasteiger partial charge in [-0.05, 0) is 71.7 Å². The third-order valence-corrected chi connectivity index (χ3v) is 4.20. The third-order valence-electron chi connectivity index (χ3n) is 4.20. The first-order valence-corrected chi connectivity index (χ1v) is 7.60. The quantitative estimate of drug-likeness (QED) is 0.884. The molecule has 3 nitrogen and oxygen atoms in total. The normalized spacial score (nSPS) is 22.1. The van der Waals surface area contributed by atoms with Gasteiger partial charge in [0.2, 0.25) is 0 Å².